The highest BCUT2D eigenvalue weighted by Crippen LogP contribution is 2.22. The molecule has 0 aliphatic carbocycles. The lowest BCUT2D eigenvalue weighted by Crippen LogP contribution is -2.33. The highest BCUT2D eigenvalue weighted by Gasteiger charge is 2.14. The van der Waals surface area contributed by atoms with Crippen molar-refractivity contribution in [3.8, 4) is 0 Å². The highest BCUT2D eigenvalue weighted by molar-refractivity contribution is 7.13. The van der Waals surface area contributed by atoms with Crippen LogP contribution in [0.5, 0.6) is 0 Å². The molecule has 0 saturated heterocycles. The van der Waals surface area contributed by atoms with Crippen LogP contribution in [0.3, 0.4) is 0 Å². The molecular weight excluding hydrogens is 258 g/mol. The SMILES string of the molecule is COCCN(c1nc(CNCC(C)C)cs1)C(C)C. The predicted molar refractivity (Wildman–Crippen MR) is 83.0 cm³/mol. The molecule has 0 bridgehead atoms. The minimum absolute atomic E-state index is 0.442. The molecule has 19 heavy (non-hydrogen) atoms. The number of anilines is 1. The van der Waals surface area contributed by atoms with E-state index in [-0.39, 0.29) is 0 Å². The molecule has 0 radical (unpaired) electrons. The van der Waals surface area contributed by atoms with Crippen LogP contribution in [0.2, 0.25) is 0 Å². The van der Waals surface area contributed by atoms with Gasteiger partial charge >= 0.3 is 0 Å². The van der Waals surface area contributed by atoms with E-state index in [0.29, 0.717) is 12.0 Å². The van der Waals surface area contributed by atoms with Gasteiger partial charge in [0.2, 0.25) is 0 Å². The number of hydrogen-bond donors (Lipinski definition) is 1. The molecule has 1 heterocycles. The van der Waals surface area contributed by atoms with Gasteiger partial charge in [-0.05, 0) is 26.3 Å². The van der Waals surface area contributed by atoms with Gasteiger partial charge in [-0.3, -0.25) is 0 Å². The molecule has 0 saturated carbocycles. The van der Waals surface area contributed by atoms with Gasteiger partial charge < -0.3 is 15.0 Å². The normalized spacial score (nSPS) is 11.5. The zero-order chi connectivity index (χ0) is 14.3. The molecule has 5 heteroatoms. The number of thiazole rings is 1. The van der Waals surface area contributed by atoms with Gasteiger partial charge in [0.05, 0.1) is 12.3 Å². The maximum Gasteiger partial charge on any atom is 0.185 e. The summed E-state index contributed by atoms with van der Waals surface area (Å²) in [6.45, 7) is 12.3. The van der Waals surface area contributed by atoms with Crippen molar-refractivity contribution in [2.24, 2.45) is 5.92 Å². The van der Waals surface area contributed by atoms with Gasteiger partial charge in [-0.15, -0.1) is 11.3 Å². The summed E-state index contributed by atoms with van der Waals surface area (Å²) in [5.74, 6) is 0.673. The van der Waals surface area contributed by atoms with Crippen molar-refractivity contribution in [3.63, 3.8) is 0 Å². The molecule has 0 unspecified atom stereocenters. The molecule has 0 amide bonds. The summed E-state index contributed by atoms with van der Waals surface area (Å²) in [4.78, 5) is 7.00. The Labute approximate surface area is 121 Å². The summed E-state index contributed by atoms with van der Waals surface area (Å²) in [5, 5.41) is 6.66. The Morgan fingerprint density at radius 1 is 1.37 bits per heavy atom. The second-order valence-corrected chi connectivity index (χ2v) is 6.26. The number of nitrogens with zero attached hydrogens (tertiary/aromatic N) is 2. The Kier molecular flexibility index (Phi) is 7.34. The second-order valence-electron chi connectivity index (χ2n) is 5.43. The zero-order valence-electron chi connectivity index (χ0n) is 12.8. The van der Waals surface area contributed by atoms with E-state index in [4.69, 9.17) is 9.72 Å². The minimum atomic E-state index is 0.442. The van der Waals surface area contributed by atoms with Crippen molar-refractivity contribution >= 4 is 16.5 Å². The molecule has 110 valence electrons. The molecule has 1 aromatic heterocycles. The van der Waals surface area contributed by atoms with Crippen LogP contribution in [0, 0.1) is 5.92 Å². The van der Waals surface area contributed by atoms with Crippen molar-refractivity contribution in [2.45, 2.75) is 40.3 Å². The van der Waals surface area contributed by atoms with Gasteiger partial charge in [0.25, 0.3) is 0 Å². The first-order valence-electron chi connectivity index (χ1n) is 6.95. The van der Waals surface area contributed by atoms with Crippen molar-refractivity contribution in [3.05, 3.63) is 11.1 Å². The van der Waals surface area contributed by atoms with Crippen LogP contribution in [-0.4, -0.2) is 37.8 Å². The minimum Gasteiger partial charge on any atom is -0.383 e. The quantitative estimate of drug-likeness (QED) is 0.757. The largest absolute Gasteiger partial charge is 0.383 e. The van der Waals surface area contributed by atoms with Crippen molar-refractivity contribution in [1.29, 1.82) is 0 Å². The van der Waals surface area contributed by atoms with Gasteiger partial charge in [-0.2, -0.15) is 0 Å². The molecule has 0 spiro atoms. The fourth-order valence-corrected chi connectivity index (χ4v) is 2.75. The average Bonchev–Trinajstić information content (AvgIpc) is 2.77. The summed E-state index contributed by atoms with van der Waals surface area (Å²) in [6.07, 6.45) is 0. The molecule has 0 atom stereocenters. The van der Waals surface area contributed by atoms with Crippen molar-refractivity contribution in [2.75, 3.05) is 31.7 Å². The number of ether oxygens (including phenoxy) is 1. The molecule has 0 aromatic carbocycles. The van der Waals surface area contributed by atoms with E-state index < -0.39 is 0 Å². The lowest BCUT2D eigenvalue weighted by molar-refractivity contribution is 0.204. The number of hydrogen-bond acceptors (Lipinski definition) is 5. The third-order valence-electron chi connectivity index (χ3n) is 2.80. The van der Waals surface area contributed by atoms with Crippen LogP contribution in [-0.2, 0) is 11.3 Å². The molecule has 0 fully saturated rings. The Balaban J connectivity index is 2.54. The summed E-state index contributed by atoms with van der Waals surface area (Å²) in [5.41, 5.74) is 1.13. The van der Waals surface area contributed by atoms with Gasteiger partial charge in [0.1, 0.15) is 0 Å². The standard InChI is InChI=1S/C14H27N3OS/c1-11(2)8-15-9-13-10-19-14(16-13)17(12(3)4)6-7-18-5/h10-12,15H,6-9H2,1-5H3. The summed E-state index contributed by atoms with van der Waals surface area (Å²) in [7, 11) is 1.74. The first-order valence-corrected chi connectivity index (χ1v) is 7.83. The van der Waals surface area contributed by atoms with Crippen LogP contribution in [0.25, 0.3) is 0 Å². The molecule has 0 aliphatic heterocycles. The Bertz CT molecular complexity index is 352. The van der Waals surface area contributed by atoms with E-state index in [0.717, 1.165) is 37.1 Å². The van der Waals surface area contributed by atoms with Crippen LogP contribution >= 0.6 is 11.3 Å². The molecule has 1 N–H and O–H groups in total. The van der Waals surface area contributed by atoms with Gasteiger partial charge in [0, 0.05) is 31.6 Å². The Hall–Kier alpha value is -0.650. The van der Waals surface area contributed by atoms with Crippen LogP contribution in [0.15, 0.2) is 5.38 Å². The van der Waals surface area contributed by atoms with Crippen molar-refractivity contribution in [1.82, 2.24) is 10.3 Å². The Morgan fingerprint density at radius 2 is 2.11 bits per heavy atom. The Morgan fingerprint density at radius 3 is 2.68 bits per heavy atom. The van der Waals surface area contributed by atoms with E-state index in [1.54, 1.807) is 18.4 Å². The van der Waals surface area contributed by atoms with E-state index in [1.165, 1.54) is 0 Å². The topological polar surface area (TPSA) is 37.4 Å². The first-order chi connectivity index (χ1) is 9.04. The van der Waals surface area contributed by atoms with E-state index >= 15 is 0 Å². The fraction of sp³-hybridized carbons (Fsp3) is 0.786. The summed E-state index contributed by atoms with van der Waals surface area (Å²) < 4.78 is 5.16. The number of rotatable bonds is 9. The number of aromatic nitrogens is 1. The van der Waals surface area contributed by atoms with Gasteiger partial charge in [0.15, 0.2) is 5.13 Å². The highest BCUT2D eigenvalue weighted by atomic mass is 32.1. The lowest BCUT2D eigenvalue weighted by Gasteiger charge is -2.25. The van der Waals surface area contributed by atoms with Crippen LogP contribution < -0.4 is 10.2 Å². The van der Waals surface area contributed by atoms with Gasteiger partial charge in [-0.1, -0.05) is 13.8 Å². The van der Waals surface area contributed by atoms with Crippen molar-refractivity contribution < 1.29 is 4.74 Å². The zero-order valence-corrected chi connectivity index (χ0v) is 13.6. The fourth-order valence-electron chi connectivity index (χ4n) is 1.76. The monoisotopic (exact) mass is 285 g/mol. The lowest BCUT2D eigenvalue weighted by atomic mass is 10.2. The smallest absolute Gasteiger partial charge is 0.185 e. The third-order valence-corrected chi connectivity index (χ3v) is 3.73. The van der Waals surface area contributed by atoms with E-state index in [9.17, 15) is 0 Å². The second kappa shape index (κ2) is 8.51. The maximum atomic E-state index is 5.16. The summed E-state index contributed by atoms with van der Waals surface area (Å²) in [6, 6.07) is 0.442. The average molecular weight is 285 g/mol. The molecule has 1 aromatic rings. The first kappa shape index (κ1) is 16.4. The van der Waals surface area contributed by atoms with Gasteiger partial charge in [-0.25, -0.2) is 4.98 Å². The predicted octanol–water partition coefficient (Wildman–Crippen LogP) is 2.75. The van der Waals surface area contributed by atoms with Crippen LogP contribution in [0.4, 0.5) is 5.13 Å². The molecule has 4 nitrogen and oxygen atoms in total. The van der Waals surface area contributed by atoms with E-state index in [1.807, 2.05) is 0 Å². The maximum absolute atomic E-state index is 5.16. The number of nitrogens with one attached hydrogen (secondary N) is 1. The summed E-state index contributed by atoms with van der Waals surface area (Å²) >= 11 is 1.71. The van der Waals surface area contributed by atoms with Crippen LogP contribution in [0.1, 0.15) is 33.4 Å². The molecule has 0 aliphatic rings. The third kappa shape index (κ3) is 5.89. The molecule has 1 rings (SSSR count). The molecular formula is C14H27N3OS. The number of methoxy groups -OCH3 is 1. The van der Waals surface area contributed by atoms with E-state index in [2.05, 4.69) is 43.3 Å².